The normalized spacial score (nSPS) is 23.3. The lowest BCUT2D eigenvalue weighted by Crippen LogP contribution is -2.32. The van der Waals surface area contributed by atoms with E-state index in [1.807, 2.05) is 41.2 Å². The second-order valence-corrected chi connectivity index (χ2v) is 12.8. The third-order valence-corrected chi connectivity index (χ3v) is 9.81. The van der Waals surface area contributed by atoms with Crippen LogP contribution in [0.1, 0.15) is 58.3 Å². The summed E-state index contributed by atoms with van der Waals surface area (Å²) in [5, 5.41) is 9.60. The van der Waals surface area contributed by atoms with Crippen molar-refractivity contribution in [3.63, 3.8) is 0 Å². The van der Waals surface area contributed by atoms with Crippen molar-refractivity contribution in [3.05, 3.63) is 106 Å². The molecule has 46 heavy (non-hydrogen) atoms. The van der Waals surface area contributed by atoms with E-state index in [2.05, 4.69) is 16.0 Å². The van der Waals surface area contributed by atoms with Crippen LogP contribution >= 0.6 is 0 Å². The Morgan fingerprint density at radius 2 is 1.87 bits per heavy atom. The number of halogens is 2. The Morgan fingerprint density at radius 3 is 2.61 bits per heavy atom. The van der Waals surface area contributed by atoms with Crippen LogP contribution in [0, 0.1) is 30.4 Å². The number of ether oxygens (including phenoxy) is 2. The lowest BCUT2D eigenvalue weighted by atomic mass is 10.0. The zero-order valence-electron chi connectivity index (χ0n) is 25.7. The number of piperidine rings is 1. The van der Waals surface area contributed by atoms with Gasteiger partial charge in [0, 0.05) is 38.3 Å². The summed E-state index contributed by atoms with van der Waals surface area (Å²) in [7, 11) is 0. The van der Waals surface area contributed by atoms with Crippen molar-refractivity contribution in [1.29, 1.82) is 0 Å². The maximum absolute atomic E-state index is 15.1. The molecule has 8 rings (SSSR count). The fraction of sp³-hybridized carbons (Fsp3) is 0.343. The summed E-state index contributed by atoms with van der Waals surface area (Å²) in [5.74, 6) is -0.417. The number of carboxylic acid groups (broad SMARTS) is 1. The van der Waals surface area contributed by atoms with Crippen molar-refractivity contribution < 1.29 is 28.2 Å². The number of imidazole rings is 2. The molecule has 9 nitrogen and oxygen atoms in total. The summed E-state index contributed by atoms with van der Waals surface area (Å²) in [6.45, 7) is 8.87. The maximum Gasteiger partial charge on any atom is 0.335 e. The van der Waals surface area contributed by atoms with Gasteiger partial charge in [-0.05, 0) is 67.5 Å². The molecule has 1 N–H and O–H groups in total. The smallest absolute Gasteiger partial charge is 0.335 e. The van der Waals surface area contributed by atoms with Crippen LogP contribution < -0.4 is 9.47 Å². The molecule has 0 radical (unpaired) electrons. The average Bonchev–Trinajstić information content (AvgIpc) is 3.50. The molecule has 2 aromatic heterocycles. The number of benzene rings is 3. The highest BCUT2D eigenvalue weighted by atomic mass is 19.1. The number of fused-ring (bicyclic) bond motifs is 3. The number of para-hydroxylation sites is 1. The zero-order chi connectivity index (χ0) is 31.9. The lowest BCUT2D eigenvalue weighted by Gasteiger charge is -2.24. The highest BCUT2D eigenvalue weighted by Crippen LogP contribution is 2.62. The van der Waals surface area contributed by atoms with Crippen LogP contribution in [0.2, 0.25) is 0 Å². The van der Waals surface area contributed by atoms with Gasteiger partial charge in [0.05, 0.1) is 41.8 Å². The third-order valence-electron chi connectivity index (χ3n) is 9.81. The molecule has 236 valence electrons. The molecule has 0 amide bonds. The Morgan fingerprint density at radius 1 is 1.07 bits per heavy atom. The van der Waals surface area contributed by atoms with Crippen molar-refractivity contribution >= 4 is 17.0 Å². The van der Waals surface area contributed by atoms with E-state index in [0.29, 0.717) is 53.3 Å². The predicted molar refractivity (Wildman–Crippen MR) is 165 cm³/mol. The molecule has 1 unspecified atom stereocenters. The molecule has 1 saturated heterocycles. The Kier molecular flexibility index (Phi) is 6.47. The van der Waals surface area contributed by atoms with Crippen LogP contribution in [0.5, 0.6) is 11.5 Å². The van der Waals surface area contributed by atoms with E-state index in [4.69, 9.17) is 14.5 Å². The van der Waals surface area contributed by atoms with Crippen LogP contribution in [0.3, 0.4) is 0 Å². The van der Waals surface area contributed by atoms with E-state index in [9.17, 15) is 14.3 Å². The molecule has 2 fully saturated rings. The Labute approximate surface area is 264 Å². The summed E-state index contributed by atoms with van der Waals surface area (Å²) < 4.78 is 46.6. The van der Waals surface area contributed by atoms with E-state index in [1.165, 1.54) is 12.1 Å². The van der Waals surface area contributed by atoms with Gasteiger partial charge in [0.2, 0.25) is 0 Å². The topological polar surface area (TPSA) is 94.6 Å². The fourth-order valence-electron chi connectivity index (χ4n) is 7.49. The van der Waals surface area contributed by atoms with Gasteiger partial charge in [0.1, 0.15) is 17.2 Å². The van der Waals surface area contributed by atoms with Crippen LogP contribution in [0.15, 0.2) is 61.1 Å². The first-order valence-electron chi connectivity index (χ1n) is 15.5. The Hall–Kier alpha value is -4.77. The van der Waals surface area contributed by atoms with E-state index in [-0.39, 0.29) is 22.8 Å². The van der Waals surface area contributed by atoms with E-state index in [0.717, 1.165) is 42.5 Å². The third kappa shape index (κ3) is 4.55. The molecule has 11 heteroatoms. The molecular weight excluding hydrogens is 592 g/mol. The second-order valence-electron chi connectivity index (χ2n) is 12.8. The molecule has 1 aliphatic carbocycles. The van der Waals surface area contributed by atoms with Gasteiger partial charge in [-0.15, -0.1) is 0 Å². The number of carbonyl (C=O) groups is 1. The zero-order valence-corrected chi connectivity index (χ0v) is 25.7. The number of aromatic nitrogens is 4. The molecule has 1 saturated carbocycles. The number of aryl methyl sites for hydroxylation is 2. The number of hydrogen-bond donors (Lipinski definition) is 1. The number of carboxylic acids is 1. The molecule has 3 aromatic carbocycles. The second kappa shape index (κ2) is 10.4. The van der Waals surface area contributed by atoms with Gasteiger partial charge in [0.15, 0.2) is 17.3 Å². The van der Waals surface area contributed by atoms with Crippen LogP contribution in [0.25, 0.3) is 11.0 Å². The highest BCUT2D eigenvalue weighted by molar-refractivity contribution is 5.92. The molecule has 4 heterocycles. The van der Waals surface area contributed by atoms with Crippen LogP contribution in [0.4, 0.5) is 8.78 Å². The van der Waals surface area contributed by atoms with Gasteiger partial charge in [-0.2, -0.15) is 0 Å². The van der Waals surface area contributed by atoms with Crippen molar-refractivity contribution in [1.82, 2.24) is 24.0 Å². The van der Waals surface area contributed by atoms with Crippen LogP contribution in [-0.4, -0.2) is 48.2 Å². The summed E-state index contributed by atoms with van der Waals surface area (Å²) in [6, 6.07) is 13.5. The number of hydrogen-bond acceptors (Lipinski definition) is 6. The summed E-state index contributed by atoms with van der Waals surface area (Å²) in [4.78, 5) is 23.0. The first-order chi connectivity index (χ1) is 22.1. The van der Waals surface area contributed by atoms with Gasteiger partial charge in [-0.3, -0.25) is 4.90 Å². The quantitative estimate of drug-likeness (QED) is 0.224. The number of nitrogens with zero attached hydrogens (tertiary/aromatic N) is 5. The Balaban J connectivity index is 1.04. The molecule has 3 aliphatic rings. The van der Waals surface area contributed by atoms with Crippen molar-refractivity contribution in [3.8, 4) is 11.5 Å². The van der Waals surface area contributed by atoms with E-state index in [1.54, 1.807) is 25.5 Å². The first-order valence-corrected chi connectivity index (χ1v) is 15.5. The van der Waals surface area contributed by atoms with Crippen LogP contribution in [-0.2, 0) is 25.4 Å². The van der Waals surface area contributed by atoms with Gasteiger partial charge in [0.25, 0.3) is 5.79 Å². The van der Waals surface area contributed by atoms with Gasteiger partial charge < -0.3 is 23.7 Å². The number of likely N-dealkylation sites (tertiary alicyclic amines) is 1. The number of rotatable bonds is 8. The minimum absolute atomic E-state index is 0.116. The minimum atomic E-state index is -1.26. The standard InChI is InChI=1S/C35H33F2N5O4/c1-4-41-18-38-13-21(41)14-42-28-12-20(34(43)44)11-27(37)32(28)39-30(42)17-40-15-23-24(16-40)31(23)22-6-5-7-29-33(22)46-35(3,45-29)25-9-8-19(2)10-26(25)36/h5-13,18,23-24,31H,4,14-17H2,1-3H3,(H,43,44)/t23-,24+,31?,35-/m1/s1. The minimum Gasteiger partial charge on any atom is -0.478 e. The molecule has 0 bridgehead atoms. The molecule has 0 spiro atoms. The van der Waals surface area contributed by atoms with Gasteiger partial charge >= 0.3 is 5.97 Å². The molecule has 4 atom stereocenters. The number of aromatic carboxylic acids is 1. The van der Waals surface area contributed by atoms with E-state index < -0.39 is 17.6 Å². The van der Waals surface area contributed by atoms with Crippen molar-refractivity contribution in [2.75, 3.05) is 13.1 Å². The highest BCUT2D eigenvalue weighted by Gasteiger charge is 2.58. The lowest BCUT2D eigenvalue weighted by molar-refractivity contribution is -0.0710. The van der Waals surface area contributed by atoms with E-state index >= 15 is 4.39 Å². The molecular formula is C35H33F2N5O4. The average molecular weight is 626 g/mol. The van der Waals surface area contributed by atoms with Crippen molar-refractivity contribution in [2.24, 2.45) is 11.8 Å². The van der Waals surface area contributed by atoms with Crippen molar-refractivity contribution in [2.45, 2.75) is 52.1 Å². The van der Waals surface area contributed by atoms with Gasteiger partial charge in [-0.25, -0.2) is 23.5 Å². The largest absolute Gasteiger partial charge is 0.478 e. The monoisotopic (exact) mass is 625 g/mol. The predicted octanol–water partition coefficient (Wildman–Crippen LogP) is 6.08. The SMILES string of the molecule is CCn1cncc1Cn1c(CN2C[C@@H]3C(c4cccc5c4O[C@](C)(c4ccc(C)cc4F)O5)[C@@H]3C2)nc2c(F)cc(C(=O)O)cc21. The summed E-state index contributed by atoms with van der Waals surface area (Å²) in [5.41, 5.74) is 3.68. The Bertz CT molecular complexity index is 2030. The van der Waals surface area contributed by atoms with Gasteiger partial charge in [-0.1, -0.05) is 18.2 Å². The fourth-order valence-corrected chi connectivity index (χ4v) is 7.49. The first kappa shape index (κ1) is 28.7. The molecule has 2 aliphatic heterocycles. The summed E-state index contributed by atoms with van der Waals surface area (Å²) >= 11 is 0. The molecule has 5 aromatic rings. The summed E-state index contributed by atoms with van der Waals surface area (Å²) in [6.07, 6.45) is 3.52. The maximum atomic E-state index is 15.1.